The maximum atomic E-state index is 11.9. The second-order valence-electron chi connectivity index (χ2n) is 7.25. The topological polar surface area (TPSA) is 47.6 Å². The highest BCUT2D eigenvalue weighted by Crippen LogP contribution is 2.09. The van der Waals surface area contributed by atoms with E-state index in [9.17, 15) is 4.79 Å². The Hall–Kier alpha value is -1.14. The van der Waals surface area contributed by atoms with Gasteiger partial charge in [0.1, 0.15) is 0 Å². The van der Waals surface area contributed by atoms with Crippen molar-refractivity contribution in [3.8, 4) is 0 Å². The highest BCUT2D eigenvalue weighted by molar-refractivity contribution is 5.85. The van der Waals surface area contributed by atoms with Crippen molar-refractivity contribution in [1.82, 2.24) is 20.4 Å². The van der Waals surface area contributed by atoms with Crippen molar-refractivity contribution >= 4 is 18.3 Å². The Balaban J connectivity index is 0.00000243. The first-order chi connectivity index (χ1) is 12.3. The molecule has 2 fully saturated rings. The highest BCUT2D eigenvalue weighted by atomic mass is 35.5. The van der Waals surface area contributed by atoms with Crippen molar-refractivity contribution in [3.63, 3.8) is 0 Å². The van der Waals surface area contributed by atoms with E-state index >= 15 is 0 Å². The second kappa shape index (κ2) is 11.5. The molecule has 6 heteroatoms. The van der Waals surface area contributed by atoms with Crippen LogP contribution in [0.1, 0.15) is 31.2 Å². The van der Waals surface area contributed by atoms with Crippen LogP contribution >= 0.6 is 12.4 Å². The number of nitrogens with one attached hydrogen (secondary N) is 2. The lowest BCUT2D eigenvalue weighted by Gasteiger charge is -2.34. The van der Waals surface area contributed by atoms with Gasteiger partial charge in [0, 0.05) is 39.3 Å². The third kappa shape index (κ3) is 6.88. The molecular formula is C20H33ClN4O. The van der Waals surface area contributed by atoms with E-state index in [1.165, 1.54) is 5.56 Å². The Kier molecular flexibility index (Phi) is 9.40. The lowest BCUT2D eigenvalue weighted by molar-refractivity contribution is -0.122. The number of hydrogen-bond acceptors (Lipinski definition) is 4. The summed E-state index contributed by atoms with van der Waals surface area (Å²) in [5.41, 5.74) is 1.41. The Morgan fingerprint density at radius 1 is 1.08 bits per heavy atom. The van der Waals surface area contributed by atoms with Crippen LogP contribution in [-0.2, 0) is 11.3 Å². The average molecular weight is 381 g/mol. The van der Waals surface area contributed by atoms with Crippen molar-refractivity contribution in [2.24, 2.45) is 0 Å². The zero-order valence-corrected chi connectivity index (χ0v) is 16.5. The number of nitrogens with zero attached hydrogens (tertiary/aromatic N) is 2. The van der Waals surface area contributed by atoms with Gasteiger partial charge in [0.05, 0.1) is 6.04 Å². The molecule has 0 radical (unpaired) electrons. The van der Waals surface area contributed by atoms with Crippen LogP contribution in [0.15, 0.2) is 30.3 Å². The number of unbranched alkanes of at least 4 members (excludes halogenated alkanes) is 1. The van der Waals surface area contributed by atoms with Crippen molar-refractivity contribution in [1.29, 1.82) is 0 Å². The quantitative estimate of drug-likeness (QED) is 0.676. The van der Waals surface area contributed by atoms with Crippen LogP contribution in [-0.4, -0.2) is 67.6 Å². The number of halogens is 1. The lowest BCUT2D eigenvalue weighted by Crippen LogP contribution is -2.46. The number of carbonyl (C=O) groups excluding carboxylic acids is 1. The molecule has 1 atom stereocenters. The van der Waals surface area contributed by atoms with E-state index in [1.54, 1.807) is 0 Å². The minimum absolute atomic E-state index is 0. The van der Waals surface area contributed by atoms with Gasteiger partial charge in [0.2, 0.25) is 5.91 Å². The second-order valence-corrected chi connectivity index (χ2v) is 7.25. The number of piperazine rings is 1. The van der Waals surface area contributed by atoms with E-state index < -0.39 is 0 Å². The summed E-state index contributed by atoms with van der Waals surface area (Å²) in [5, 5.41) is 6.31. The third-order valence-corrected chi connectivity index (χ3v) is 5.29. The molecule has 5 nitrogen and oxygen atoms in total. The predicted octanol–water partition coefficient (Wildman–Crippen LogP) is 1.87. The molecule has 2 aliphatic rings. The fourth-order valence-corrected chi connectivity index (χ4v) is 3.72. The summed E-state index contributed by atoms with van der Waals surface area (Å²) in [7, 11) is 0. The van der Waals surface area contributed by atoms with E-state index in [2.05, 4.69) is 50.8 Å². The number of benzene rings is 1. The molecule has 3 rings (SSSR count). The van der Waals surface area contributed by atoms with Crippen molar-refractivity contribution in [2.45, 2.75) is 38.3 Å². The minimum atomic E-state index is 0. The van der Waals surface area contributed by atoms with E-state index in [0.29, 0.717) is 0 Å². The van der Waals surface area contributed by atoms with Crippen molar-refractivity contribution in [2.75, 3.05) is 45.8 Å². The number of carbonyl (C=O) groups is 1. The monoisotopic (exact) mass is 380 g/mol. The molecule has 0 saturated carbocycles. The molecule has 26 heavy (non-hydrogen) atoms. The Labute approximate surface area is 163 Å². The van der Waals surface area contributed by atoms with Gasteiger partial charge < -0.3 is 15.5 Å². The van der Waals surface area contributed by atoms with E-state index in [0.717, 1.165) is 78.0 Å². The van der Waals surface area contributed by atoms with Gasteiger partial charge in [-0.3, -0.25) is 9.69 Å². The zero-order valence-electron chi connectivity index (χ0n) is 15.7. The maximum Gasteiger partial charge on any atom is 0.237 e. The number of hydrogen-bond donors (Lipinski definition) is 2. The van der Waals surface area contributed by atoms with Crippen LogP contribution in [0.25, 0.3) is 0 Å². The standard InChI is InChI=1S/C20H32N4O.ClH/c25-20(19-9-6-11-21-19)22-10-4-5-12-23-13-15-24(16-14-23)17-18-7-2-1-3-8-18;/h1-3,7-8,19,21H,4-6,9-17H2,(H,22,25);1H/t19-;/m0./s1. The Morgan fingerprint density at radius 2 is 1.81 bits per heavy atom. The SMILES string of the molecule is Cl.O=C(NCCCCN1CCN(Cc2ccccc2)CC1)[C@@H]1CCCN1. The number of rotatable bonds is 8. The number of amides is 1. The molecule has 2 heterocycles. The normalized spacial score (nSPS) is 21.3. The Morgan fingerprint density at radius 3 is 2.50 bits per heavy atom. The molecule has 2 saturated heterocycles. The van der Waals surface area contributed by atoms with E-state index in [4.69, 9.17) is 0 Å². The van der Waals surface area contributed by atoms with Crippen LogP contribution in [0, 0.1) is 0 Å². The van der Waals surface area contributed by atoms with Crippen molar-refractivity contribution in [3.05, 3.63) is 35.9 Å². The maximum absolute atomic E-state index is 11.9. The fraction of sp³-hybridized carbons (Fsp3) is 0.650. The molecule has 0 unspecified atom stereocenters. The lowest BCUT2D eigenvalue weighted by atomic mass is 10.2. The fourth-order valence-electron chi connectivity index (χ4n) is 3.72. The van der Waals surface area contributed by atoms with Gasteiger partial charge in [-0.05, 0) is 44.3 Å². The Bertz CT molecular complexity index is 514. The van der Waals surface area contributed by atoms with Crippen LogP contribution in [0.2, 0.25) is 0 Å². The molecule has 1 aromatic rings. The largest absolute Gasteiger partial charge is 0.355 e. The molecule has 0 aliphatic carbocycles. The zero-order chi connectivity index (χ0) is 17.3. The summed E-state index contributed by atoms with van der Waals surface area (Å²) in [4.78, 5) is 17.0. The van der Waals surface area contributed by atoms with Crippen LogP contribution in [0.3, 0.4) is 0 Å². The summed E-state index contributed by atoms with van der Waals surface area (Å²) < 4.78 is 0. The molecule has 146 valence electrons. The molecule has 2 N–H and O–H groups in total. The van der Waals surface area contributed by atoms with Crippen LogP contribution in [0.5, 0.6) is 0 Å². The molecule has 0 spiro atoms. The van der Waals surface area contributed by atoms with Gasteiger partial charge in [-0.25, -0.2) is 0 Å². The van der Waals surface area contributed by atoms with Crippen molar-refractivity contribution < 1.29 is 4.79 Å². The third-order valence-electron chi connectivity index (χ3n) is 5.29. The van der Waals surface area contributed by atoms with E-state index in [-0.39, 0.29) is 24.4 Å². The first kappa shape index (κ1) is 21.2. The molecule has 0 aromatic heterocycles. The van der Waals surface area contributed by atoms with Gasteiger partial charge in [-0.1, -0.05) is 30.3 Å². The highest BCUT2D eigenvalue weighted by Gasteiger charge is 2.21. The predicted molar refractivity (Wildman–Crippen MR) is 109 cm³/mol. The summed E-state index contributed by atoms with van der Waals surface area (Å²) in [6.07, 6.45) is 4.34. The first-order valence-electron chi connectivity index (χ1n) is 9.81. The van der Waals surface area contributed by atoms with Crippen LogP contribution in [0.4, 0.5) is 0 Å². The van der Waals surface area contributed by atoms with Crippen LogP contribution < -0.4 is 10.6 Å². The first-order valence-corrected chi connectivity index (χ1v) is 9.81. The molecular weight excluding hydrogens is 348 g/mol. The minimum Gasteiger partial charge on any atom is -0.355 e. The molecule has 1 amide bonds. The van der Waals surface area contributed by atoms with E-state index in [1.807, 2.05) is 0 Å². The van der Waals surface area contributed by atoms with Gasteiger partial charge in [0.15, 0.2) is 0 Å². The average Bonchev–Trinajstić information content (AvgIpc) is 3.18. The van der Waals surface area contributed by atoms with Gasteiger partial charge in [-0.15, -0.1) is 12.4 Å². The molecule has 0 bridgehead atoms. The summed E-state index contributed by atoms with van der Waals surface area (Å²) >= 11 is 0. The smallest absolute Gasteiger partial charge is 0.237 e. The summed E-state index contributed by atoms with van der Waals surface area (Å²) in [6, 6.07) is 10.8. The van der Waals surface area contributed by atoms with Gasteiger partial charge in [0.25, 0.3) is 0 Å². The molecule has 1 aromatic carbocycles. The van der Waals surface area contributed by atoms with Gasteiger partial charge >= 0.3 is 0 Å². The van der Waals surface area contributed by atoms with Gasteiger partial charge in [-0.2, -0.15) is 0 Å². The summed E-state index contributed by atoms with van der Waals surface area (Å²) in [6.45, 7) is 8.63. The molecule has 2 aliphatic heterocycles. The summed E-state index contributed by atoms with van der Waals surface area (Å²) in [5.74, 6) is 0.187.